The Morgan fingerprint density at radius 2 is 1.71 bits per heavy atom. The van der Waals surface area contributed by atoms with E-state index in [1.807, 2.05) is 36.0 Å². The molecule has 0 aliphatic carbocycles. The van der Waals surface area contributed by atoms with Gasteiger partial charge in [-0.2, -0.15) is 5.26 Å². The van der Waals surface area contributed by atoms with E-state index in [0.29, 0.717) is 0 Å². The van der Waals surface area contributed by atoms with Crippen LogP contribution in [0.4, 0.5) is 5.69 Å². The van der Waals surface area contributed by atoms with Crippen molar-refractivity contribution in [1.82, 2.24) is 9.47 Å². The first kappa shape index (κ1) is 13.7. The van der Waals surface area contributed by atoms with Crippen molar-refractivity contribution >= 4 is 5.69 Å². The maximum absolute atomic E-state index is 9.54. The van der Waals surface area contributed by atoms with E-state index >= 15 is 0 Å². The second kappa shape index (κ2) is 6.02. The van der Waals surface area contributed by atoms with Gasteiger partial charge in [0.2, 0.25) is 0 Å². The number of benzene rings is 1. The first-order valence-corrected chi connectivity index (χ1v) is 7.34. The molecular formula is C17H20N4. The van der Waals surface area contributed by atoms with Crippen molar-refractivity contribution < 1.29 is 0 Å². The number of anilines is 1. The number of aryl methyl sites for hydroxylation is 1. The van der Waals surface area contributed by atoms with Crippen molar-refractivity contribution in [3.63, 3.8) is 0 Å². The van der Waals surface area contributed by atoms with Crippen molar-refractivity contribution in [2.75, 3.05) is 31.1 Å². The summed E-state index contributed by atoms with van der Waals surface area (Å²) in [5, 5.41) is 9.54. The van der Waals surface area contributed by atoms with Gasteiger partial charge in [-0.3, -0.25) is 4.90 Å². The van der Waals surface area contributed by atoms with Crippen LogP contribution < -0.4 is 4.90 Å². The van der Waals surface area contributed by atoms with Gasteiger partial charge in [0.25, 0.3) is 0 Å². The summed E-state index contributed by atoms with van der Waals surface area (Å²) in [6.45, 7) is 3.76. The Morgan fingerprint density at radius 1 is 1.00 bits per heavy atom. The van der Waals surface area contributed by atoms with Gasteiger partial charge in [0.05, 0.1) is 6.07 Å². The predicted octanol–water partition coefficient (Wildman–Crippen LogP) is 2.41. The van der Waals surface area contributed by atoms with Gasteiger partial charge in [-0.25, -0.2) is 0 Å². The van der Waals surface area contributed by atoms with Gasteiger partial charge in [-0.1, -0.05) is 18.2 Å². The summed E-state index contributed by atoms with van der Waals surface area (Å²) in [5.41, 5.74) is 2.34. The standard InChI is InChI=1S/C17H20N4/c1-19-9-5-8-16(19)17(14-18)21-12-10-20(11-13-21)15-6-3-2-4-7-15/h2-9,17H,10-13H2,1H3. The monoisotopic (exact) mass is 280 g/mol. The Balaban J connectivity index is 1.68. The molecule has 108 valence electrons. The summed E-state index contributed by atoms with van der Waals surface area (Å²) >= 11 is 0. The van der Waals surface area contributed by atoms with Gasteiger partial charge in [-0.05, 0) is 24.3 Å². The third kappa shape index (κ3) is 2.79. The molecule has 1 aliphatic heterocycles. The molecule has 1 atom stereocenters. The Kier molecular flexibility index (Phi) is 3.94. The molecule has 1 saturated heterocycles. The number of aromatic nitrogens is 1. The lowest BCUT2D eigenvalue weighted by Crippen LogP contribution is -2.47. The maximum Gasteiger partial charge on any atom is 0.139 e. The van der Waals surface area contributed by atoms with Crippen molar-refractivity contribution in [3.05, 3.63) is 54.4 Å². The lowest BCUT2D eigenvalue weighted by molar-refractivity contribution is 0.217. The molecule has 3 rings (SSSR count). The highest BCUT2D eigenvalue weighted by Crippen LogP contribution is 2.23. The Morgan fingerprint density at radius 3 is 2.29 bits per heavy atom. The molecule has 4 nitrogen and oxygen atoms in total. The number of nitriles is 1. The molecule has 1 aromatic carbocycles. The van der Waals surface area contributed by atoms with Crippen molar-refractivity contribution in [1.29, 1.82) is 5.26 Å². The fourth-order valence-corrected chi connectivity index (χ4v) is 2.97. The largest absolute Gasteiger partial charge is 0.369 e. The second-order valence-corrected chi connectivity index (χ2v) is 5.43. The molecule has 1 unspecified atom stereocenters. The first-order chi connectivity index (χ1) is 10.3. The predicted molar refractivity (Wildman–Crippen MR) is 84.0 cm³/mol. The van der Waals surface area contributed by atoms with Crippen LogP contribution in [0.15, 0.2) is 48.7 Å². The van der Waals surface area contributed by atoms with E-state index in [9.17, 15) is 5.26 Å². The zero-order chi connectivity index (χ0) is 14.7. The summed E-state index contributed by atoms with van der Waals surface area (Å²) < 4.78 is 2.04. The summed E-state index contributed by atoms with van der Waals surface area (Å²) in [6, 6.07) is 16.8. The van der Waals surface area contributed by atoms with Crippen molar-refractivity contribution in [3.8, 4) is 6.07 Å². The molecule has 0 N–H and O–H groups in total. The van der Waals surface area contributed by atoms with Crippen LogP contribution in [0.3, 0.4) is 0 Å². The van der Waals surface area contributed by atoms with Crippen molar-refractivity contribution in [2.45, 2.75) is 6.04 Å². The van der Waals surface area contributed by atoms with E-state index in [2.05, 4.69) is 40.1 Å². The highest BCUT2D eigenvalue weighted by Gasteiger charge is 2.26. The summed E-state index contributed by atoms with van der Waals surface area (Å²) in [5.74, 6) is 0. The van der Waals surface area contributed by atoms with Gasteiger partial charge in [0, 0.05) is 50.8 Å². The smallest absolute Gasteiger partial charge is 0.139 e. The SMILES string of the molecule is Cn1cccc1C(C#N)N1CCN(c2ccccc2)CC1. The van der Waals surface area contributed by atoms with Crippen LogP contribution >= 0.6 is 0 Å². The fraction of sp³-hybridized carbons (Fsp3) is 0.353. The Bertz CT molecular complexity index is 618. The lowest BCUT2D eigenvalue weighted by atomic mass is 10.1. The molecule has 2 heterocycles. The number of piperazine rings is 1. The van der Waals surface area contributed by atoms with Gasteiger partial charge in [0.1, 0.15) is 6.04 Å². The van der Waals surface area contributed by atoms with Crippen LogP contribution in [0.1, 0.15) is 11.7 Å². The lowest BCUT2D eigenvalue weighted by Gasteiger charge is -2.38. The molecule has 2 aromatic rings. The molecule has 4 heteroatoms. The van der Waals surface area contributed by atoms with E-state index in [1.54, 1.807) is 0 Å². The fourth-order valence-electron chi connectivity index (χ4n) is 2.97. The number of rotatable bonds is 3. The van der Waals surface area contributed by atoms with E-state index in [0.717, 1.165) is 31.9 Å². The zero-order valence-corrected chi connectivity index (χ0v) is 12.3. The number of hydrogen-bond donors (Lipinski definition) is 0. The minimum atomic E-state index is -0.150. The van der Waals surface area contributed by atoms with E-state index in [4.69, 9.17) is 0 Å². The summed E-state index contributed by atoms with van der Waals surface area (Å²) in [6.07, 6.45) is 2.00. The normalized spacial score (nSPS) is 17.4. The van der Waals surface area contributed by atoms with Crippen LogP contribution in [-0.2, 0) is 7.05 Å². The molecule has 0 spiro atoms. The van der Waals surface area contributed by atoms with Crippen LogP contribution in [-0.4, -0.2) is 35.6 Å². The second-order valence-electron chi connectivity index (χ2n) is 5.43. The van der Waals surface area contributed by atoms with Crippen LogP contribution in [0.5, 0.6) is 0 Å². The van der Waals surface area contributed by atoms with Gasteiger partial charge in [-0.15, -0.1) is 0 Å². The topological polar surface area (TPSA) is 35.2 Å². The molecule has 0 bridgehead atoms. The van der Waals surface area contributed by atoms with E-state index < -0.39 is 0 Å². The van der Waals surface area contributed by atoms with Crippen LogP contribution in [0, 0.1) is 11.3 Å². The molecule has 1 aliphatic rings. The average molecular weight is 280 g/mol. The maximum atomic E-state index is 9.54. The highest BCUT2D eigenvalue weighted by molar-refractivity contribution is 5.46. The molecular weight excluding hydrogens is 260 g/mol. The van der Waals surface area contributed by atoms with Gasteiger partial charge < -0.3 is 9.47 Å². The van der Waals surface area contributed by atoms with Gasteiger partial charge in [0.15, 0.2) is 0 Å². The average Bonchev–Trinajstić information content (AvgIpc) is 2.96. The van der Waals surface area contributed by atoms with E-state index in [1.165, 1.54) is 5.69 Å². The molecule has 1 aromatic heterocycles. The van der Waals surface area contributed by atoms with Crippen molar-refractivity contribution in [2.24, 2.45) is 7.05 Å². The minimum Gasteiger partial charge on any atom is -0.369 e. The quantitative estimate of drug-likeness (QED) is 0.866. The Labute approximate surface area is 125 Å². The molecule has 0 saturated carbocycles. The third-order valence-corrected chi connectivity index (χ3v) is 4.19. The first-order valence-electron chi connectivity index (χ1n) is 7.34. The highest BCUT2D eigenvalue weighted by atomic mass is 15.3. The molecule has 1 fully saturated rings. The van der Waals surface area contributed by atoms with E-state index in [-0.39, 0.29) is 6.04 Å². The minimum absolute atomic E-state index is 0.150. The molecule has 0 radical (unpaired) electrons. The van der Waals surface area contributed by atoms with Crippen LogP contribution in [0.25, 0.3) is 0 Å². The number of para-hydroxylation sites is 1. The van der Waals surface area contributed by atoms with Crippen LogP contribution in [0.2, 0.25) is 0 Å². The summed E-state index contributed by atoms with van der Waals surface area (Å²) in [4.78, 5) is 4.66. The Hall–Kier alpha value is -2.25. The molecule has 0 amide bonds. The van der Waals surface area contributed by atoms with Gasteiger partial charge >= 0.3 is 0 Å². The third-order valence-electron chi connectivity index (χ3n) is 4.19. The number of hydrogen-bond acceptors (Lipinski definition) is 3. The molecule has 21 heavy (non-hydrogen) atoms. The summed E-state index contributed by atoms with van der Waals surface area (Å²) in [7, 11) is 2.00. The number of nitrogens with zero attached hydrogens (tertiary/aromatic N) is 4. The zero-order valence-electron chi connectivity index (χ0n) is 12.3.